The lowest BCUT2D eigenvalue weighted by Crippen LogP contribution is -2.03. The SMILES string of the molecule is COc1cc(Cn2cc(CCN)cn2)cc([N+](=O)[O-])c1. The van der Waals surface area contributed by atoms with Crippen molar-refractivity contribution in [3.63, 3.8) is 0 Å². The third-order valence-electron chi connectivity index (χ3n) is 2.86. The van der Waals surface area contributed by atoms with E-state index < -0.39 is 4.92 Å². The lowest BCUT2D eigenvalue weighted by Gasteiger charge is -2.05. The Balaban J connectivity index is 2.22. The van der Waals surface area contributed by atoms with E-state index in [1.54, 1.807) is 16.9 Å². The molecular formula is C13H16N4O3. The van der Waals surface area contributed by atoms with Gasteiger partial charge in [-0.05, 0) is 30.2 Å². The molecule has 106 valence electrons. The summed E-state index contributed by atoms with van der Waals surface area (Å²) in [6.45, 7) is 1.01. The van der Waals surface area contributed by atoms with Gasteiger partial charge in [0.1, 0.15) is 5.75 Å². The lowest BCUT2D eigenvalue weighted by molar-refractivity contribution is -0.385. The number of rotatable bonds is 6. The molecular weight excluding hydrogens is 260 g/mol. The summed E-state index contributed by atoms with van der Waals surface area (Å²) < 4.78 is 6.80. The summed E-state index contributed by atoms with van der Waals surface area (Å²) in [6, 6.07) is 4.68. The molecule has 7 heteroatoms. The van der Waals surface area contributed by atoms with Gasteiger partial charge in [0.05, 0.1) is 30.8 Å². The van der Waals surface area contributed by atoms with E-state index >= 15 is 0 Å². The number of aromatic nitrogens is 2. The molecule has 0 unspecified atom stereocenters. The summed E-state index contributed by atoms with van der Waals surface area (Å²) in [5.41, 5.74) is 7.30. The number of nitrogens with zero attached hydrogens (tertiary/aromatic N) is 3. The molecule has 0 amide bonds. The molecule has 0 radical (unpaired) electrons. The van der Waals surface area contributed by atoms with E-state index in [-0.39, 0.29) is 5.69 Å². The normalized spacial score (nSPS) is 10.5. The van der Waals surface area contributed by atoms with Crippen LogP contribution < -0.4 is 10.5 Å². The first-order valence-electron chi connectivity index (χ1n) is 6.16. The molecule has 0 atom stereocenters. The van der Waals surface area contributed by atoms with Crippen molar-refractivity contribution in [2.45, 2.75) is 13.0 Å². The highest BCUT2D eigenvalue weighted by Crippen LogP contribution is 2.23. The summed E-state index contributed by atoms with van der Waals surface area (Å²) in [5, 5.41) is 15.1. The summed E-state index contributed by atoms with van der Waals surface area (Å²) in [6.07, 6.45) is 4.40. The van der Waals surface area contributed by atoms with E-state index in [1.165, 1.54) is 19.2 Å². The Morgan fingerprint density at radius 1 is 1.40 bits per heavy atom. The van der Waals surface area contributed by atoms with Gasteiger partial charge in [0.25, 0.3) is 5.69 Å². The summed E-state index contributed by atoms with van der Waals surface area (Å²) in [4.78, 5) is 10.4. The smallest absolute Gasteiger partial charge is 0.273 e. The van der Waals surface area contributed by atoms with Gasteiger partial charge in [-0.1, -0.05) is 0 Å². The number of nitrogens with two attached hydrogens (primary N) is 1. The van der Waals surface area contributed by atoms with Crippen LogP contribution in [0.25, 0.3) is 0 Å². The van der Waals surface area contributed by atoms with E-state index in [0.29, 0.717) is 18.8 Å². The van der Waals surface area contributed by atoms with Crippen LogP contribution in [0.3, 0.4) is 0 Å². The Kier molecular flexibility index (Phi) is 4.31. The third kappa shape index (κ3) is 3.33. The van der Waals surface area contributed by atoms with Gasteiger partial charge in [-0.25, -0.2) is 0 Å². The number of hydrogen-bond acceptors (Lipinski definition) is 5. The maximum absolute atomic E-state index is 10.9. The molecule has 1 heterocycles. The van der Waals surface area contributed by atoms with Gasteiger partial charge < -0.3 is 10.5 Å². The molecule has 1 aromatic heterocycles. The minimum atomic E-state index is -0.436. The predicted molar refractivity (Wildman–Crippen MR) is 73.7 cm³/mol. The van der Waals surface area contributed by atoms with Crippen molar-refractivity contribution < 1.29 is 9.66 Å². The molecule has 1 aromatic carbocycles. The van der Waals surface area contributed by atoms with Gasteiger partial charge >= 0.3 is 0 Å². The molecule has 0 spiro atoms. The number of non-ortho nitro benzene ring substituents is 1. The van der Waals surface area contributed by atoms with Gasteiger partial charge in [-0.2, -0.15) is 5.10 Å². The second kappa shape index (κ2) is 6.16. The lowest BCUT2D eigenvalue weighted by atomic mass is 10.2. The minimum Gasteiger partial charge on any atom is -0.496 e. The van der Waals surface area contributed by atoms with Crippen molar-refractivity contribution in [1.29, 1.82) is 0 Å². The van der Waals surface area contributed by atoms with Crippen molar-refractivity contribution in [2.75, 3.05) is 13.7 Å². The Morgan fingerprint density at radius 2 is 2.20 bits per heavy atom. The number of ether oxygens (including phenoxy) is 1. The average Bonchev–Trinajstić information content (AvgIpc) is 2.86. The first-order chi connectivity index (χ1) is 9.62. The van der Waals surface area contributed by atoms with E-state index in [4.69, 9.17) is 10.5 Å². The van der Waals surface area contributed by atoms with E-state index in [0.717, 1.165) is 17.5 Å². The molecule has 0 saturated heterocycles. The maximum Gasteiger partial charge on any atom is 0.273 e. The molecule has 0 fully saturated rings. The van der Waals surface area contributed by atoms with Crippen molar-refractivity contribution >= 4 is 5.69 Å². The molecule has 0 aliphatic carbocycles. The number of nitro groups is 1. The number of nitro benzene ring substituents is 1. The van der Waals surface area contributed by atoms with Gasteiger partial charge in [-0.15, -0.1) is 0 Å². The van der Waals surface area contributed by atoms with Crippen molar-refractivity contribution in [3.05, 3.63) is 51.8 Å². The second-order valence-corrected chi connectivity index (χ2v) is 4.38. The zero-order chi connectivity index (χ0) is 14.5. The standard InChI is InChI=1S/C13H16N4O3/c1-20-13-5-11(4-12(6-13)17(18)19)9-16-8-10(2-3-14)7-15-16/h4-8H,2-3,9,14H2,1H3. The Labute approximate surface area is 116 Å². The Hall–Kier alpha value is -2.41. The van der Waals surface area contributed by atoms with Crippen LogP contribution in [0.4, 0.5) is 5.69 Å². The van der Waals surface area contributed by atoms with Crippen LogP contribution in [-0.4, -0.2) is 28.4 Å². The van der Waals surface area contributed by atoms with Crippen molar-refractivity contribution in [1.82, 2.24) is 9.78 Å². The molecule has 0 bridgehead atoms. The Bertz CT molecular complexity index is 609. The van der Waals surface area contributed by atoms with Gasteiger partial charge in [0.2, 0.25) is 0 Å². The average molecular weight is 276 g/mol. The van der Waals surface area contributed by atoms with Crippen LogP contribution in [-0.2, 0) is 13.0 Å². The predicted octanol–water partition coefficient (Wildman–Crippen LogP) is 1.35. The van der Waals surface area contributed by atoms with Crippen LogP contribution in [0.15, 0.2) is 30.6 Å². The summed E-state index contributed by atoms with van der Waals surface area (Å²) in [7, 11) is 1.48. The van der Waals surface area contributed by atoms with Crippen molar-refractivity contribution in [2.24, 2.45) is 5.73 Å². The quantitative estimate of drug-likeness (QED) is 0.634. The number of hydrogen-bond donors (Lipinski definition) is 1. The van der Waals surface area contributed by atoms with Crippen LogP contribution in [0, 0.1) is 10.1 Å². The number of methoxy groups -OCH3 is 1. The highest BCUT2D eigenvalue weighted by atomic mass is 16.6. The third-order valence-corrected chi connectivity index (χ3v) is 2.86. The first-order valence-corrected chi connectivity index (χ1v) is 6.16. The second-order valence-electron chi connectivity index (χ2n) is 4.38. The molecule has 7 nitrogen and oxygen atoms in total. The van der Waals surface area contributed by atoms with E-state index in [2.05, 4.69) is 5.10 Å². The molecule has 0 aliphatic heterocycles. The van der Waals surface area contributed by atoms with Gasteiger partial charge in [0.15, 0.2) is 0 Å². The van der Waals surface area contributed by atoms with Crippen LogP contribution in [0.1, 0.15) is 11.1 Å². The van der Waals surface area contributed by atoms with Gasteiger partial charge in [-0.3, -0.25) is 14.8 Å². The molecule has 0 aliphatic rings. The summed E-state index contributed by atoms with van der Waals surface area (Å²) in [5.74, 6) is 0.462. The molecule has 2 aromatic rings. The molecule has 0 saturated carbocycles. The van der Waals surface area contributed by atoms with Crippen molar-refractivity contribution in [3.8, 4) is 5.75 Å². The molecule has 2 N–H and O–H groups in total. The van der Waals surface area contributed by atoms with Gasteiger partial charge in [0, 0.05) is 12.3 Å². The topological polar surface area (TPSA) is 96.2 Å². The van der Waals surface area contributed by atoms with Crippen LogP contribution in [0.5, 0.6) is 5.75 Å². The number of benzene rings is 1. The van der Waals surface area contributed by atoms with E-state index in [9.17, 15) is 10.1 Å². The fraction of sp³-hybridized carbons (Fsp3) is 0.308. The van der Waals surface area contributed by atoms with Crippen LogP contribution >= 0.6 is 0 Å². The minimum absolute atomic E-state index is 0.00804. The monoisotopic (exact) mass is 276 g/mol. The fourth-order valence-corrected chi connectivity index (χ4v) is 1.93. The summed E-state index contributed by atoms with van der Waals surface area (Å²) >= 11 is 0. The van der Waals surface area contributed by atoms with Crippen LogP contribution in [0.2, 0.25) is 0 Å². The maximum atomic E-state index is 10.9. The zero-order valence-electron chi connectivity index (χ0n) is 11.2. The highest BCUT2D eigenvalue weighted by molar-refractivity contribution is 5.42. The zero-order valence-corrected chi connectivity index (χ0v) is 11.2. The first kappa shape index (κ1) is 14.0. The largest absolute Gasteiger partial charge is 0.496 e. The molecule has 20 heavy (non-hydrogen) atoms. The Morgan fingerprint density at radius 3 is 2.85 bits per heavy atom. The highest BCUT2D eigenvalue weighted by Gasteiger charge is 2.11. The fourth-order valence-electron chi connectivity index (χ4n) is 1.93. The molecule has 2 rings (SSSR count). The van der Waals surface area contributed by atoms with E-state index in [1.807, 2.05) is 6.20 Å².